The van der Waals surface area contributed by atoms with Gasteiger partial charge >= 0.3 is 0 Å². The molecule has 2 heterocycles. The summed E-state index contributed by atoms with van der Waals surface area (Å²) in [6.45, 7) is 0. The number of aromatic nitrogens is 2. The molecule has 1 aliphatic heterocycles. The second-order valence-electron chi connectivity index (χ2n) is 6.42. The van der Waals surface area contributed by atoms with Crippen LogP contribution in [0.5, 0.6) is 0 Å². The molecule has 2 aromatic carbocycles. The topological polar surface area (TPSA) is 119 Å². The number of fused-ring (bicyclic) bond motifs is 1. The highest BCUT2D eigenvalue weighted by Gasteiger charge is 2.33. The third kappa shape index (κ3) is 3.23. The van der Waals surface area contributed by atoms with Crippen molar-refractivity contribution in [2.75, 3.05) is 10.6 Å². The lowest BCUT2D eigenvalue weighted by molar-refractivity contribution is -0.125. The van der Waals surface area contributed by atoms with Crippen molar-refractivity contribution in [1.82, 2.24) is 9.78 Å². The second kappa shape index (κ2) is 6.99. The molecule has 1 aliphatic rings. The second-order valence-corrected chi connectivity index (χ2v) is 6.42. The summed E-state index contributed by atoms with van der Waals surface area (Å²) in [7, 11) is 0. The molecule has 0 radical (unpaired) electrons. The lowest BCUT2D eigenvalue weighted by Gasteiger charge is -2.24. The number of benzene rings is 2. The molecule has 8 nitrogen and oxygen atoms in total. The predicted molar refractivity (Wildman–Crippen MR) is 104 cm³/mol. The molecular formula is C20H17N5O3. The summed E-state index contributed by atoms with van der Waals surface area (Å²) in [5, 5.41) is 9.89. The molecule has 1 aromatic heterocycles. The molecule has 0 saturated heterocycles. The van der Waals surface area contributed by atoms with Gasteiger partial charge in [-0.25, -0.2) is 4.68 Å². The molecule has 140 valence electrons. The van der Waals surface area contributed by atoms with Gasteiger partial charge in [-0.1, -0.05) is 30.3 Å². The highest BCUT2D eigenvalue weighted by Crippen LogP contribution is 2.34. The Morgan fingerprint density at radius 2 is 1.82 bits per heavy atom. The minimum atomic E-state index is -0.781. The molecule has 4 rings (SSSR count). The third-order valence-electron chi connectivity index (χ3n) is 4.55. The van der Waals surface area contributed by atoms with E-state index in [1.165, 1.54) is 16.8 Å². The van der Waals surface area contributed by atoms with Crippen molar-refractivity contribution in [3.05, 3.63) is 66.4 Å². The number of anilines is 2. The molecule has 0 bridgehead atoms. The van der Waals surface area contributed by atoms with Crippen LogP contribution in [0.15, 0.2) is 60.8 Å². The summed E-state index contributed by atoms with van der Waals surface area (Å²) in [6.07, 6.45) is 1.62. The summed E-state index contributed by atoms with van der Waals surface area (Å²) in [5.74, 6) is -0.678. The van der Waals surface area contributed by atoms with Gasteiger partial charge in [0.15, 0.2) is 0 Å². The number of rotatable bonds is 4. The summed E-state index contributed by atoms with van der Waals surface area (Å²) >= 11 is 0. The number of carbonyl (C=O) groups is 3. The van der Waals surface area contributed by atoms with Gasteiger partial charge in [-0.2, -0.15) is 5.10 Å². The maximum atomic E-state index is 12.8. The molecule has 0 saturated carbocycles. The number of amides is 3. The van der Waals surface area contributed by atoms with E-state index in [2.05, 4.69) is 15.7 Å². The Morgan fingerprint density at radius 1 is 1.11 bits per heavy atom. The first-order valence-corrected chi connectivity index (χ1v) is 8.66. The van der Waals surface area contributed by atoms with Crippen LogP contribution in [0.3, 0.4) is 0 Å². The number of nitrogens with one attached hydrogen (secondary N) is 2. The summed E-state index contributed by atoms with van der Waals surface area (Å²) < 4.78 is 1.52. The molecule has 4 N–H and O–H groups in total. The highest BCUT2D eigenvalue weighted by molar-refractivity contribution is 6.03. The zero-order valence-corrected chi connectivity index (χ0v) is 14.8. The molecule has 3 amide bonds. The number of nitrogens with zero attached hydrogens (tertiary/aromatic N) is 2. The van der Waals surface area contributed by atoms with Gasteiger partial charge < -0.3 is 16.4 Å². The molecule has 8 heteroatoms. The lowest BCUT2D eigenvalue weighted by atomic mass is 10.1. The SMILES string of the molecule is NC(=O)c1ccc(NC(=O)[C@@H]2CC(=O)Nc3c(-c4ccccc4)cnn32)cc1. The first-order chi connectivity index (χ1) is 13.5. The van der Waals surface area contributed by atoms with Gasteiger partial charge in [0.05, 0.1) is 12.6 Å². The summed E-state index contributed by atoms with van der Waals surface area (Å²) in [6, 6.07) is 14.9. The van der Waals surface area contributed by atoms with E-state index in [0.29, 0.717) is 17.1 Å². The van der Waals surface area contributed by atoms with Crippen LogP contribution in [0.1, 0.15) is 22.8 Å². The van der Waals surface area contributed by atoms with E-state index >= 15 is 0 Å². The molecule has 0 aliphatic carbocycles. The van der Waals surface area contributed by atoms with Crippen molar-refractivity contribution in [3.63, 3.8) is 0 Å². The monoisotopic (exact) mass is 375 g/mol. The quantitative estimate of drug-likeness (QED) is 0.647. The average molecular weight is 375 g/mol. The fraction of sp³-hybridized carbons (Fsp3) is 0.100. The first kappa shape index (κ1) is 17.5. The highest BCUT2D eigenvalue weighted by atomic mass is 16.2. The Labute approximate surface area is 160 Å². The van der Waals surface area contributed by atoms with E-state index in [1.807, 2.05) is 30.3 Å². The minimum absolute atomic E-state index is 0.0197. The van der Waals surface area contributed by atoms with Gasteiger partial charge in [0.2, 0.25) is 17.7 Å². The Bertz CT molecular complexity index is 1060. The Kier molecular flexibility index (Phi) is 4.36. The van der Waals surface area contributed by atoms with Crippen LogP contribution in [-0.4, -0.2) is 27.5 Å². The van der Waals surface area contributed by atoms with Crippen LogP contribution < -0.4 is 16.4 Å². The average Bonchev–Trinajstić information content (AvgIpc) is 3.12. The van der Waals surface area contributed by atoms with Crippen molar-refractivity contribution >= 4 is 29.2 Å². The van der Waals surface area contributed by atoms with E-state index in [9.17, 15) is 14.4 Å². The minimum Gasteiger partial charge on any atom is -0.366 e. The zero-order chi connectivity index (χ0) is 19.7. The van der Waals surface area contributed by atoms with Crippen molar-refractivity contribution in [3.8, 4) is 11.1 Å². The largest absolute Gasteiger partial charge is 0.366 e. The standard InChI is InChI=1S/C20H17N5O3/c21-18(27)13-6-8-14(9-7-13)23-20(28)16-10-17(26)24-19-15(11-22-25(16)19)12-4-2-1-3-5-12/h1-9,11,16H,10H2,(H2,21,27)(H,23,28)(H,24,26)/t16-/m0/s1. The number of carbonyl (C=O) groups excluding carboxylic acids is 3. The lowest BCUT2D eigenvalue weighted by Crippen LogP contribution is -2.35. The normalized spacial score (nSPS) is 15.4. The van der Waals surface area contributed by atoms with Gasteiger partial charge in [0.1, 0.15) is 11.9 Å². The molecule has 28 heavy (non-hydrogen) atoms. The third-order valence-corrected chi connectivity index (χ3v) is 4.55. The zero-order valence-electron chi connectivity index (χ0n) is 14.8. The number of hydrogen-bond acceptors (Lipinski definition) is 4. The van der Waals surface area contributed by atoms with Crippen LogP contribution in [0.4, 0.5) is 11.5 Å². The first-order valence-electron chi connectivity index (χ1n) is 8.66. The smallest absolute Gasteiger partial charge is 0.249 e. The maximum Gasteiger partial charge on any atom is 0.249 e. The number of primary amides is 1. The molecule has 1 atom stereocenters. The van der Waals surface area contributed by atoms with Crippen LogP contribution in [0, 0.1) is 0 Å². The predicted octanol–water partition coefficient (Wildman–Crippen LogP) is 2.17. The van der Waals surface area contributed by atoms with Crippen LogP contribution >= 0.6 is 0 Å². The van der Waals surface area contributed by atoms with E-state index in [4.69, 9.17) is 5.73 Å². The van der Waals surface area contributed by atoms with E-state index in [-0.39, 0.29) is 18.2 Å². The van der Waals surface area contributed by atoms with Gasteiger partial charge in [0, 0.05) is 16.8 Å². The maximum absolute atomic E-state index is 12.8. The Balaban J connectivity index is 1.61. The van der Waals surface area contributed by atoms with Gasteiger partial charge in [-0.3, -0.25) is 14.4 Å². The van der Waals surface area contributed by atoms with Crippen LogP contribution in [-0.2, 0) is 9.59 Å². The van der Waals surface area contributed by atoms with E-state index in [0.717, 1.165) is 11.1 Å². The van der Waals surface area contributed by atoms with E-state index in [1.54, 1.807) is 18.3 Å². The van der Waals surface area contributed by atoms with E-state index < -0.39 is 11.9 Å². The number of hydrogen-bond donors (Lipinski definition) is 3. The fourth-order valence-electron chi connectivity index (χ4n) is 3.14. The van der Waals surface area contributed by atoms with Crippen LogP contribution in [0.2, 0.25) is 0 Å². The molecule has 0 spiro atoms. The van der Waals surface area contributed by atoms with Crippen molar-refractivity contribution in [2.24, 2.45) is 5.73 Å². The molecule has 0 unspecified atom stereocenters. The fourth-order valence-corrected chi connectivity index (χ4v) is 3.14. The Hall–Kier alpha value is -3.94. The van der Waals surface area contributed by atoms with Gasteiger partial charge in [-0.15, -0.1) is 0 Å². The van der Waals surface area contributed by atoms with Crippen LogP contribution in [0.25, 0.3) is 11.1 Å². The summed E-state index contributed by atoms with van der Waals surface area (Å²) in [5.41, 5.74) is 7.70. The number of nitrogens with two attached hydrogens (primary N) is 1. The van der Waals surface area contributed by atoms with Crippen molar-refractivity contribution < 1.29 is 14.4 Å². The summed E-state index contributed by atoms with van der Waals surface area (Å²) in [4.78, 5) is 36.2. The molecule has 3 aromatic rings. The Morgan fingerprint density at radius 3 is 2.50 bits per heavy atom. The molecular weight excluding hydrogens is 358 g/mol. The van der Waals surface area contributed by atoms with Crippen molar-refractivity contribution in [2.45, 2.75) is 12.5 Å². The van der Waals surface area contributed by atoms with Gasteiger partial charge in [0.25, 0.3) is 0 Å². The molecule has 0 fully saturated rings. The van der Waals surface area contributed by atoms with Crippen molar-refractivity contribution in [1.29, 1.82) is 0 Å². The van der Waals surface area contributed by atoms with Gasteiger partial charge in [-0.05, 0) is 29.8 Å².